The Labute approximate surface area is 138 Å². The quantitative estimate of drug-likeness (QED) is 0.707. The Kier molecular flexibility index (Phi) is 5.90. The second-order valence-electron chi connectivity index (χ2n) is 6.52. The fourth-order valence-corrected chi connectivity index (χ4v) is 2.69. The summed E-state index contributed by atoms with van der Waals surface area (Å²) in [5.41, 5.74) is 9.79. The monoisotopic (exact) mass is 313 g/mol. The Balaban J connectivity index is 2.01. The van der Waals surface area contributed by atoms with Gasteiger partial charge in [-0.25, -0.2) is 9.97 Å². The highest BCUT2D eigenvalue weighted by molar-refractivity contribution is 5.70. The first kappa shape index (κ1) is 17.2. The summed E-state index contributed by atoms with van der Waals surface area (Å²) in [6.45, 7) is 13.1. The van der Waals surface area contributed by atoms with Crippen LogP contribution in [0.3, 0.4) is 0 Å². The van der Waals surface area contributed by atoms with Crippen LogP contribution in [-0.2, 0) is 6.54 Å². The molecule has 0 atom stereocenters. The molecule has 124 valence electrons. The average molecular weight is 313 g/mol. The van der Waals surface area contributed by atoms with Crippen molar-refractivity contribution in [3.05, 3.63) is 36.8 Å². The van der Waals surface area contributed by atoms with E-state index in [-0.39, 0.29) is 0 Å². The highest BCUT2D eigenvalue weighted by Crippen LogP contribution is 2.23. The maximum atomic E-state index is 5.69. The van der Waals surface area contributed by atoms with Gasteiger partial charge in [0.1, 0.15) is 5.52 Å². The molecule has 23 heavy (non-hydrogen) atoms. The molecule has 0 bridgehead atoms. The van der Waals surface area contributed by atoms with Crippen molar-refractivity contribution >= 4 is 17.1 Å². The number of hydrogen-bond donors (Lipinski definition) is 1. The molecule has 5 heteroatoms. The van der Waals surface area contributed by atoms with Crippen molar-refractivity contribution in [2.45, 2.75) is 52.5 Å². The van der Waals surface area contributed by atoms with E-state index in [2.05, 4.69) is 46.5 Å². The van der Waals surface area contributed by atoms with E-state index in [0.29, 0.717) is 11.9 Å². The van der Waals surface area contributed by atoms with E-state index in [0.717, 1.165) is 37.0 Å². The topological polar surface area (TPSA) is 69.6 Å². The SMILES string of the molecule is C=C(C)CCC(CCC(=C)C)CCn1cnc2cnc(N)nc21. The van der Waals surface area contributed by atoms with Gasteiger partial charge < -0.3 is 10.3 Å². The van der Waals surface area contributed by atoms with E-state index < -0.39 is 0 Å². The van der Waals surface area contributed by atoms with E-state index in [1.807, 2.05) is 6.33 Å². The summed E-state index contributed by atoms with van der Waals surface area (Å²) in [5, 5.41) is 0. The molecule has 2 rings (SSSR count). The van der Waals surface area contributed by atoms with E-state index in [1.165, 1.54) is 24.0 Å². The minimum absolute atomic E-state index is 0.292. The predicted molar refractivity (Wildman–Crippen MR) is 95.9 cm³/mol. The molecule has 2 aromatic heterocycles. The molecule has 2 N–H and O–H groups in total. The summed E-state index contributed by atoms with van der Waals surface area (Å²) in [5.74, 6) is 0.945. The third-order valence-corrected chi connectivity index (χ3v) is 4.11. The molecule has 0 aliphatic rings. The summed E-state index contributed by atoms with van der Waals surface area (Å²) in [7, 11) is 0. The van der Waals surface area contributed by atoms with Crippen LogP contribution in [0.1, 0.15) is 46.0 Å². The van der Waals surface area contributed by atoms with Gasteiger partial charge in [-0.3, -0.25) is 0 Å². The largest absolute Gasteiger partial charge is 0.368 e. The number of nitrogens with two attached hydrogens (primary N) is 1. The first-order valence-corrected chi connectivity index (χ1v) is 8.18. The Morgan fingerprint density at radius 3 is 2.39 bits per heavy atom. The minimum Gasteiger partial charge on any atom is -0.368 e. The molecule has 0 spiro atoms. The predicted octanol–water partition coefficient (Wildman–Crippen LogP) is 4.13. The average Bonchev–Trinajstić information content (AvgIpc) is 2.88. The smallest absolute Gasteiger partial charge is 0.222 e. The fourth-order valence-electron chi connectivity index (χ4n) is 2.69. The normalized spacial score (nSPS) is 11.3. The molecule has 0 aromatic carbocycles. The van der Waals surface area contributed by atoms with Gasteiger partial charge in [0.15, 0.2) is 5.65 Å². The second kappa shape index (κ2) is 7.90. The minimum atomic E-state index is 0.292. The van der Waals surface area contributed by atoms with Gasteiger partial charge >= 0.3 is 0 Å². The molecular weight excluding hydrogens is 286 g/mol. The highest BCUT2D eigenvalue weighted by Gasteiger charge is 2.11. The van der Waals surface area contributed by atoms with Crippen LogP contribution in [0.25, 0.3) is 11.2 Å². The van der Waals surface area contributed by atoms with Gasteiger partial charge in [0.25, 0.3) is 0 Å². The lowest BCUT2D eigenvalue weighted by atomic mass is 9.91. The van der Waals surface area contributed by atoms with Crippen molar-refractivity contribution in [1.29, 1.82) is 0 Å². The van der Waals surface area contributed by atoms with Gasteiger partial charge in [-0.05, 0) is 51.9 Å². The molecule has 0 fully saturated rings. The van der Waals surface area contributed by atoms with Gasteiger partial charge in [0, 0.05) is 6.54 Å². The molecule has 2 aromatic rings. The van der Waals surface area contributed by atoms with Crippen molar-refractivity contribution in [2.75, 3.05) is 5.73 Å². The van der Waals surface area contributed by atoms with Crippen molar-refractivity contribution < 1.29 is 0 Å². The summed E-state index contributed by atoms with van der Waals surface area (Å²) in [6, 6.07) is 0. The first-order chi connectivity index (χ1) is 11.0. The van der Waals surface area contributed by atoms with Crippen LogP contribution in [0, 0.1) is 5.92 Å². The third-order valence-electron chi connectivity index (χ3n) is 4.11. The highest BCUT2D eigenvalue weighted by atomic mass is 15.1. The molecule has 5 nitrogen and oxygen atoms in total. The van der Waals surface area contributed by atoms with E-state index in [9.17, 15) is 0 Å². The number of aryl methyl sites for hydroxylation is 1. The van der Waals surface area contributed by atoms with Crippen molar-refractivity contribution in [2.24, 2.45) is 5.92 Å². The standard InChI is InChI=1S/C18H27N5/c1-13(2)5-7-15(8-6-14(3)4)9-10-23-12-21-16-11-20-18(19)22-17(16)23/h11-12,15H,1,3,5-10H2,2,4H3,(H2,19,20,22). The molecule has 0 unspecified atom stereocenters. The van der Waals surface area contributed by atoms with E-state index in [1.54, 1.807) is 6.20 Å². The van der Waals surface area contributed by atoms with Crippen LogP contribution in [0.4, 0.5) is 5.95 Å². The lowest BCUT2D eigenvalue weighted by molar-refractivity contribution is 0.394. The van der Waals surface area contributed by atoms with Crippen LogP contribution in [0.2, 0.25) is 0 Å². The number of nitrogen functional groups attached to an aromatic ring is 1. The van der Waals surface area contributed by atoms with Crippen LogP contribution >= 0.6 is 0 Å². The molecule has 0 radical (unpaired) electrons. The number of allylic oxidation sites excluding steroid dienone is 2. The van der Waals surface area contributed by atoms with Crippen LogP contribution in [0.5, 0.6) is 0 Å². The first-order valence-electron chi connectivity index (χ1n) is 8.18. The molecule has 0 aliphatic heterocycles. The lowest BCUT2D eigenvalue weighted by Crippen LogP contribution is -2.08. The molecule has 2 heterocycles. The van der Waals surface area contributed by atoms with E-state index >= 15 is 0 Å². The zero-order valence-corrected chi connectivity index (χ0v) is 14.3. The molecule has 0 amide bonds. The molecule has 0 aliphatic carbocycles. The van der Waals surface area contributed by atoms with Crippen molar-refractivity contribution in [1.82, 2.24) is 19.5 Å². The summed E-state index contributed by atoms with van der Waals surface area (Å²) < 4.78 is 2.07. The summed E-state index contributed by atoms with van der Waals surface area (Å²) in [4.78, 5) is 12.6. The zero-order chi connectivity index (χ0) is 16.8. The van der Waals surface area contributed by atoms with Gasteiger partial charge in [0.2, 0.25) is 5.95 Å². The lowest BCUT2D eigenvalue weighted by Gasteiger charge is -2.17. The van der Waals surface area contributed by atoms with Crippen LogP contribution < -0.4 is 5.73 Å². The summed E-state index contributed by atoms with van der Waals surface area (Å²) >= 11 is 0. The zero-order valence-electron chi connectivity index (χ0n) is 14.3. The van der Waals surface area contributed by atoms with Crippen LogP contribution in [0.15, 0.2) is 36.8 Å². The third kappa shape index (κ3) is 5.20. The van der Waals surface area contributed by atoms with E-state index in [4.69, 9.17) is 5.73 Å². The van der Waals surface area contributed by atoms with Gasteiger partial charge in [-0.2, -0.15) is 4.98 Å². The molecule has 0 saturated carbocycles. The van der Waals surface area contributed by atoms with Crippen LogP contribution in [-0.4, -0.2) is 19.5 Å². The van der Waals surface area contributed by atoms with Gasteiger partial charge in [-0.15, -0.1) is 13.2 Å². The van der Waals surface area contributed by atoms with Gasteiger partial charge in [-0.1, -0.05) is 11.1 Å². The maximum Gasteiger partial charge on any atom is 0.222 e. The number of nitrogens with zero attached hydrogens (tertiary/aromatic N) is 4. The second-order valence-corrected chi connectivity index (χ2v) is 6.52. The van der Waals surface area contributed by atoms with Gasteiger partial charge in [0.05, 0.1) is 12.5 Å². The number of fused-ring (bicyclic) bond motifs is 1. The van der Waals surface area contributed by atoms with Crippen molar-refractivity contribution in [3.8, 4) is 0 Å². The Hall–Kier alpha value is -2.17. The Morgan fingerprint density at radius 1 is 1.13 bits per heavy atom. The molecular formula is C18H27N5. The number of aromatic nitrogens is 4. The summed E-state index contributed by atoms with van der Waals surface area (Å²) in [6.07, 6.45) is 9.11. The fraction of sp³-hybridized carbons (Fsp3) is 0.500. The Morgan fingerprint density at radius 2 is 1.78 bits per heavy atom. The number of anilines is 1. The van der Waals surface area contributed by atoms with Crippen molar-refractivity contribution in [3.63, 3.8) is 0 Å². The maximum absolute atomic E-state index is 5.69. The number of hydrogen-bond acceptors (Lipinski definition) is 4. The number of imidazole rings is 1. The number of rotatable bonds is 9. The molecule has 0 saturated heterocycles. The Bertz CT molecular complexity index is 668.